The molecule has 0 saturated heterocycles. The minimum absolute atomic E-state index is 0.323. The van der Waals surface area contributed by atoms with Crippen molar-refractivity contribution in [1.29, 1.82) is 0 Å². The van der Waals surface area contributed by atoms with Crippen LogP contribution in [0.5, 0.6) is 5.75 Å². The van der Waals surface area contributed by atoms with E-state index < -0.39 is 5.97 Å². The Kier molecular flexibility index (Phi) is 7.43. The zero-order chi connectivity index (χ0) is 15.5. The van der Waals surface area contributed by atoms with Gasteiger partial charge in [-0.3, -0.25) is 0 Å². The smallest absolute Gasteiger partial charge is 0.341 e. The number of rotatable bonds is 8. The van der Waals surface area contributed by atoms with Crippen LogP contribution in [0.3, 0.4) is 0 Å². The number of carbonyl (C=O) groups is 1. The molecule has 0 spiro atoms. The number of nitrogens with zero attached hydrogens (tertiary/aromatic N) is 1. The van der Waals surface area contributed by atoms with Gasteiger partial charge < -0.3 is 14.7 Å². The lowest BCUT2D eigenvalue weighted by molar-refractivity contribution is -0.139. The van der Waals surface area contributed by atoms with Gasteiger partial charge in [-0.15, -0.1) is 0 Å². The number of ether oxygens (including phenoxy) is 1. The summed E-state index contributed by atoms with van der Waals surface area (Å²) in [6.45, 7) is 4.43. The molecular formula is C17H21NO3. The molecule has 0 bridgehead atoms. The summed E-state index contributed by atoms with van der Waals surface area (Å²) in [7, 11) is 0. The lowest BCUT2D eigenvalue weighted by atomic mass is 10.2. The van der Waals surface area contributed by atoms with Crippen LogP contribution in [0.1, 0.15) is 19.4 Å². The van der Waals surface area contributed by atoms with E-state index in [2.05, 4.69) is 11.0 Å². The molecule has 0 aliphatic carbocycles. The number of carboxylic acids is 1. The Balaban J connectivity index is 2.54. The highest BCUT2D eigenvalue weighted by molar-refractivity contribution is 5.68. The Morgan fingerprint density at radius 1 is 1.19 bits per heavy atom. The van der Waals surface area contributed by atoms with Gasteiger partial charge in [0.05, 0.1) is 0 Å². The molecule has 0 amide bonds. The van der Waals surface area contributed by atoms with Gasteiger partial charge in [0.1, 0.15) is 5.75 Å². The third-order valence-electron chi connectivity index (χ3n) is 2.55. The van der Waals surface area contributed by atoms with Crippen LogP contribution < -0.4 is 4.74 Å². The quantitative estimate of drug-likeness (QED) is 0.794. The summed E-state index contributed by atoms with van der Waals surface area (Å²) < 4.78 is 5.08. The molecule has 0 aliphatic heterocycles. The van der Waals surface area contributed by atoms with Crippen LogP contribution in [0.2, 0.25) is 0 Å². The Labute approximate surface area is 125 Å². The average molecular weight is 287 g/mol. The zero-order valence-electron chi connectivity index (χ0n) is 12.4. The van der Waals surface area contributed by atoms with Gasteiger partial charge in [0, 0.05) is 6.54 Å². The molecular weight excluding hydrogens is 266 g/mol. The van der Waals surface area contributed by atoms with Crippen LogP contribution in [0.15, 0.2) is 54.9 Å². The van der Waals surface area contributed by atoms with E-state index in [0.29, 0.717) is 5.75 Å². The summed E-state index contributed by atoms with van der Waals surface area (Å²) in [4.78, 5) is 12.5. The monoisotopic (exact) mass is 287 g/mol. The van der Waals surface area contributed by atoms with E-state index in [1.807, 2.05) is 56.6 Å². The topological polar surface area (TPSA) is 49.8 Å². The Hall–Kier alpha value is -2.49. The van der Waals surface area contributed by atoms with Gasteiger partial charge in [-0.2, -0.15) is 0 Å². The highest BCUT2D eigenvalue weighted by atomic mass is 16.5. The molecule has 1 aromatic rings. The molecule has 21 heavy (non-hydrogen) atoms. The second-order valence-corrected chi connectivity index (χ2v) is 4.32. The third kappa shape index (κ3) is 7.01. The van der Waals surface area contributed by atoms with E-state index >= 15 is 0 Å². The van der Waals surface area contributed by atoms with Crippen LogP contribution in [-0.4, -0.2) is 29.1 Å². The van der Waals surface area contributed by atoms with E-state index in [1.54, 1.807) is 12.1 Å². The largest absolute Gasteiger partial charge is 0.482 e. The van der Waals surface area contributed by atoms with Crippen LogP contribution in [0, 0.1) is 0 Å². The first-order valence-corrected chi connectivity index (χ1v) is 6.78. The Morgan fingerprint density at radius 3 is 2.33 bits per heavy atom. The summed E-state index contributed by atoms with van der Waals surface area (Å²) in [5.41, 5.74) is 1.04. The first kappa shape index (κ1) is 16.6. The van der Waals surface area contributed by atoms with Crippen molar-refractivity contribution < 1.29 is 14.6 Å². The van der Waals surface area contributed by atoms with Gasteiger partial charge >= 0.3 is 5.97 Å². The van der Waals surface area contributed by atoms with Crippen molar-refractivity contribution in [3.63, 3.8) is 0 Å². The van der Waals surface area contributed by atoms with Gasteiger partial charge in [-0.1, -0.05) is 36.4 Å². The highest BCUT2D eigenvalue weighted by Gasteiger charge is 1.98. The van der Waals surface area contributed by atoms with Gasteiger partial charge in [-0.25, -0.2) is 4.79 Å². The maximum absolute atomic E-state index is 10.4. The number of aliphatic carboxylic acids is 1. The van der Waals surface area contributed by atoms with E-state index in [-0.39, 0.29) is 6.61 Å². The van der Waals surface area contributed by atoms with Gasteiger partial charge in [-0.05, 0) is 43.9 Å². The number of carboxylic acid groups (broad SMARTS) is 1. The Bertz CT molecular complexity index is 503. The van der Waals surface area contributed by atoms with E-state index in [9.17, 15) is 4.79 Å². The maximum atomic E-state index is 10.4. The van der Waals surface area contributed by atoms with Gasteiger partial charge in [0.25, 0.3) is 0 Å². The molecule has 0 atom stereocenters. The minimum atomic E-state index is -0.980. The fourth-order valence-electron chi connectivity index (χ4n) is 1.69. The van der Waals surface area contributed by atoms with Crippen LogP contribution >= 0.6 is 0 Å². The molecule has 0 saturated carbocycles. The summed E-state index contributed by atoms with van der Waals surface area (Å²) in [5.74, 6) is -0.425. The number of hydrogen-bond acceptors (Lipinski definition) is 3. The van der Waals surface area contributed by atoms with Crippen molar-refractivity contribution in [2.75, 3.05) is 13.2 Å². The highest BCUT2D eigenvalue weighted by Crippen LogP contribution is 2.13. The maximum Gasteiger partial charge on any atom is 0.341 e. The van der Waals surface area contributed by atoms with Crippen molar-refractivity contribution in [3.05, 3.63) is 60.5 Å². The lowest BCUT2D eigenvalue weighted by Gasteiger charge is -2.11. The molecule has 4 heteroatoms. The molecule has 1 rings (SSSR count). The molecule has 1 N–H and O–H groups in total. The first-order valence-electron chi connectivity index (χ1n) is 6.78. The van der Waals surface area contributed by atoms with Crippen LogP contribution in [-0.2, 0) is 4.79 Å². The van der Waals surface area contributed by atoms with Crippen molar-refractivity contribution in [1.82, 2.24) is 4.90 Å². The Morgan fingerprint density at radius 2 is 1.81 bits per heavy atom. The molecule has 0 fully saturated rings. The van der Waals surface area contributed by atoms with Crippen molar-refractivity contribution in [2.45, 2.75) is 13.8 Å². The number of benzene rings is 1. The summed E-state index contributed by atoms with van der Waals surface area (Å²) in [5, 5.41) is 8.53. The van der Waals surface area contributed by atoms with Crippen LogP contribution in [0.25, 0.3) is 6.08 Å². The summed E-state index contributed by atoms with van der Waals surface area (Å²) >= 11 is 0. The molecule has 1 aromatic carbocycles. The van der Waals surface area contributed by atoms with E-state index in [0.717, 1.165) is 12.1 Å². The van der Waals surface area contributed by atoms with Crippen molar-refractivity contribution in [3.8, 4) is 5.75 Å². The normalized spacial score (nSPS) is 11.5. The second kappa shape index (κ2) is 9.42. The lowest BCUT2D eigenvalue weighted by Crippen LogP contribution is -2.09. The van der Waals surface area contributed by atoms with Crippen molar-refractivity contribution >= 4 is 12.0 Å². The molecule has 112 valence electrons. The standard InChI is InChI=1S/C17H21NO3/c1-3-11-18(12-4-2)13-5-6-15-7-9-16(10-8-15)21-14-17(19)20/h3-12H,13-14H2,1-2H3,(H,19,20)/b6-5+,11-3-,12-4+. The predicted molar refractivity (Wildman–Crippen MR) is 84.9 cm³/mol. The number of hydrogen-bond donors (Lipinski definition) is 1. The molecule has 0 radical (unpaired) electrons. The van der Waals surface area contributed by atoms with E-state index in [4.69, 9.17) is 9.84 Å². The molecule has 0 aliphatic rings. The minimum Gasteiger partial charge on any atom is -0.482 e. The fraction of sp³-hybridized carbons (Fsp3) is 0.235. The number of allylic oxidation sites excluding steroid dienone is 2. The molecule has 0 unspecified atom stereocenters. The molecule has 4 nitrogen and oxygen atoms in total. The molecule has 0 aromatic heterocycles. The summed E-state index contributed by atoms with van der Waals surface area (Å²) in [6, 6.07) is 7.31. The third-order valence-corrected chi connectivity index (χ3v) is 2.55. The second-order valence-electron chi connectivity index (χ2n) is 4.32. The average Bonchev–Trinajstić information content (AvgIpc) is 2.47. The summed E-state index contributed by atoms with van der Waals surface area (Å²) in [6.07, 6.45) is 12.1. The van der Waals surface area contributed by atoms with Crippen molar-refractivity contribution in [2.24, 2.45) is 0 Å². The van der Waals surface area contributed by atoms with E-state index in [1.165, 1.54) is 0 Å². The zero-order valence-corrected chi connectivity index (χ0v) is 12.4. The fourth-order valence-corrected chi connectivity index (χ4v) is 1.69. The van der Waals surface area contributed by atoms with Crippen LogP contribution in [0.4, 0.5) is 0 Å². The predicted octanol–water partition coefficient (Wildman–Crippen LogP) is 3.53. The first-order chi connectivity index (χ1) is 10.2. The SMILES string of the molecule is C/C=C\N(/C=C/C)C/C=C/c1ccc(OCC(=O)O)cc1. The molecule has 0 heterocycles. The van der Waals surface area contributed by atoms with Gasteiger partial charge in [0.2, 0.25) is 0 Å². The van der Waals surface area contributed by atoms with Gasteiger partial charge in [0.15, 0.2) is 6.61 Å².